The van der Waals surface area contributed by atoms with Crippen molar-refractivity contribution in [3.63, 3.8) is 0 Å². The molecular weight excluding hydrogens is 240 g/mol. The molecule has 1 aliphatic carbocycles. The second kappa shape index (κ2) is 6.35. The molecule has 19 heavy (non-hydrogen) atoms. The fourth-order valence-corrected chi connectivity index (χ4v) is 1.68. The summed E-state index contributed by atoms with van der Waals surface area (Å²) < 4.78 is 5.51. The van der Waals surface area contributed by atoms with Crippen molar-refractivity contribution in [2.45, 2.75) is 32.3 Å². The second-order valence-corrected chi connectivity index (χ2v) is 4.94. The number of anilines is 1. The fraction of sp³-hybridized carbons (Fsp3) is 0.467. The van der Waals surface area contributed by atoms with Crippen LogP contribution in [0.5, 0.6) is 0 Å². The molecule has 1 amide bonds. The van der Waals surface area contributed by atoms with Crippen LogP contribution in [0, 0.1) is 17.2 Å². The zero-order chi connectivity index (χ0) is 13.7. The van der Waals surface area contributed by atoms with Crippen LogP contribution in [0.3, 0.4) is 0 Å². The molecule has 0 heterocycles. The van der Waals surface area contributed by atoms with Gasteiger partial charge in [0.25, 0.3) is 5.91 Å². The van der Waals surface area contributed by atoms with E-state index < -0.39 is 6.10 Å². The van der Waals surface area contributed by atoms with E-state index in [2.05, 4.69) is 11.4 Å². The number of rotatable bonds is 6. The second-order valence-electron chi connectivity index (χ2n) is 4.94. The molecule has 1 aromatic rings. The summed E-state index contributed by atoms with van der Waals surface area (Å²) in [5.74, 6) is 0.522. The summed E-state index contributed by atoms with van der Waals surface area (Å²) in [5.41, 5.74) is 1.67. The third kappa shape index (κ3) is 4.38. The van der Waals surface area contributed by atoms with Crippen LogP contribution >= 0.6 is 0 Å². The van der Waals surface area contributed by atoms with Gasteiger partial charge in [-0.1, -0.05) is 12.1 Å². The average Bonchev–Trinajstić information content (AvgIpc) is 3.22. The van der Waals surface area contributed by atoms with E-state index in [0.29, 0.717) is 18.9 Å². The molecule has 100 valence electrons. The van der Waals surface area contributed by atoms with E-state index in [9.17, 15) is 4.79 Å². The molecule has 0 saturated heterocycles. The molecule has 0 spiro atoms. The Bertz CT molecular complexity index is 472. The molecule has 0 aliphatic heterocycles. The van der Waals surface area contributed by atoms with Gasteiger partial charge in [-0.3, -0.25) is 4.79 Å². The summed E-state index contributed by atoms with van der Waals surface area (Å²) >= 11 is 0. The minimum atomic E-state index is -0.431. The largest absolute Gasteiger partial charge is 0.368 e. The van der Waals surface area contributed by atoms with Crippen LogP contribution in [0.25, 0.3) is 0 Å². The van der Waals surface area contributed by atoms with Crippen molar-refractivity contribution in [3.8, 4) is 6.07 Å². The van der Waals surface area contributed by atoms with E-state index in [4.69, 9.17) is 10.00 Å². The Morgan fingerprint density at radius 2 is 2.16 bits per heavy atom. The van der Waals surface area contributed by atoms with E-state index in [1.54, 1.807) is 19.1 Å². The lowest BCUT2D eigenvalue weighted by molar-refractivity contribution is -0.126. The SMILES string of the molecule is CC(OCC1CC1)C(=O)Nc1ccc(CC#N)cc1. The average molecular weight is 258 g/mol. The molecule has 4 nitrogen and oxygen atoms in total. The van der Waals surface area contributed by atoms with Crippen LogP contribution in [0.1, 0.15) is 25.3 Å². The molecule has 0 bridgehead atoms. The maximum Gasteiger partial charge on any atom is 0.253 e. The van der Waals surface area contributed by atoms with Gasteiger partial charge >= 0.3 is 0 Å². The summed E-state index contributed by atoms with van der Waals surface area (Å²) in [6.07, 6.45) is 2.39. The molecule has 1 fully saturated rings. The first-order valence-electron chi connectivity index (χ1n) is 6.57. The van der Waals surface area contributed by atoms with E-state index in [-0.39, 0.29) is 5.91 Å². The zero-order valence-corrected chi connectivity index (χ0v) is 11.1. The van der Waals surface area contributed by atoms with Crippen LogP contribution in [0.4, 0.5) is 5.69 Å². The molecule has 1 aromatic carbocycles. The van der Waals surface area contributed by atoms with Gasteiger partial charge in [-0.25, -0.2) is 0 Å². The maximum atomic E-state index is 11.9. The lowest BCUT2D eigenvalue weighted by Crippen LogP contribution is -2.28. The minimum absolute atomic E-state index is 0.131. The summed E-state index contributed by atoms with van der Waals surface area (Å²) in [6, 6.07) is 9.38. The van der Waals surface area contributed by atoms with E-state index in [1.165, 1.54) is 12.8 Å². The quantitative estimate of drug-likeness (QED) is 0.852. The van der Waals surface area contributed by atoms with Crippen LogP contribution < -0.4 is 5.32 Å². The monoisotopic (exact) mass is 258 g/mol. The summed E-state index contributed by atoms with van der Waals surface area (Å²) in [7, 11) is 0. The van der Waals surface area contributed by atoms with Gasteiger partial charge in [0, 0.05) is 5.69 Å². The van der Waals surface area contributed by atoms with Gasteiger partial charge in [0.05, 0.1) is 19.1 Å². The number of hydrogen-bond acceptors (Lipinski definition) is 3. The Morgan fingerprint density at radius 3 is 2.74 bits per heavy atom. The van der Waals surface area contributed by atoms with Crippen molar-refractivity contribution >= 4 is 11.6 Å². The van der Waals surface area contributed by atoms with Crippen LogP contribution in [0.15, 0.2) is 24.3 Å². The molecule has 1 saturated carbocycles. The van der Waals surface area contributed by atoms with Crippen LogP contribution in [0.2, 0.25) is 0 Å². The smallest absolute Gasteiger partial charge is 0.253 e. The number of nitrogens with zero attached hydrogens (tertiary/aromatic N) is 1. The molecule has 0 radical (unpaired) electrons. The number of carbonyl (C=O) groups excluding carboxylic acids is 1. The highest BCUT2D eigenvalue weighted by molar-refractivity contribution is 5.93. The standard InChI is InChI=1S/C15H18N2O2/c1-11(19-10-13-2-3-13)15(18)17-14-6-4-12(5-7-14)8-9-16/h4-7,11,13H,2-3,8,10H2,1H3,(H,17,18). The summed E-state index contributed by atoms with van der Waals surface area (Å²) in [5, 5.41) is 11.4. The number of nitrogens with one attached hydrogen (secondary N) is 1. The Morgan fingerprint density at radius 1 is 1.47 bits per heavy atom. The van der Waals surface area contributed by atoms with Gasteiger partial charge in [0.15, 0.2) is 0 Å². The Hall–Kier alpha value is -1.86. The molecule has 4 heteroatoms. The summed E-state index contributed by atoms with van der Waals surface area (Å²) in [6.45, 7) is 2.44. The van der Waals surface area contributed by atoms with Crippen molar-refractivity contribution in [3.05, 3.63) is 29.8 Å². The highest BCUT2D eigenvalue weighted by atomic mass is 16.5. The number of hydrogen-bond donors (Lipinski definition) is 1. The minimum Gasteiger partial charge on any atom is -0.368 e. The number of amides is 1. The maximum absolute atomic E-state index is 11.9. The molecule has 2 rings (SSSR count). The summed E-state index contributed by atoms with van der Waals surface area (Å²) in [4.78, 5) is 11.9. The Balaban J connectivity index is 1.81. The topological polar surface area (TPSA) is 62.1 Å². The number of ether oxygens (including phenoxy) is 1. The van der Waals surface area contributed by atoms with Crippen molar-refractivity contribution in [1.29, 1.82) is 5.26 Å². The third-order valence-electron chi connectivity index (χ3n) is 3.15. The number of benzene rings is 1. The molecule has 1 aliphatic rings. The van der Waals surface area contributed by atoms with Crippen molar-refractivity contribution in [1.82, 2.24) is 0 Å². The van der Waals surface area contributed by atoms with Gasteiger partial charge in [-0.15, -0.1) is 0 Å². The molecule has 1 atom stereocenters. The van der Waals surface area contributed by atoms with E-state index in [1.807, 2.05) is 12.1 Å². The predicted molar refractivity (Wildman–Crippen MR) is 72.5 cm³/mol. The van der Waals surface area contributed by atoms with Crippen molar-refractivity contribution in [2.75, 3.05) is 11.9 Å². The number of nitriles is 1. The predicted octanol–water partition coefficient (Wildman–Crippen LogP) is 2.51. The lowest BCUT2D eigenvalue weighted by Gasteiger charge is -2.13. The van der Waals surface area contributed by atoms with Gasteiger partial charge in [0.1, 0.15) is 6.10 Å². The first kappa shape index (κ1) is 13.6. The van der Waals surface area contributed by atoms with Gasteiger partial charge in [-0.2, -0.15) is 5.26 Å². The first-order chi connectivity index (χ1) is 9.19. The van der Waals surface area contributed by atoms with E-state index >= 15 is 0 Å². The van der Waals surface area contributed by atoms with Crippen molar-refractivity contribution < 1.29 is 9.53 Å². The van der Waals surface area contributed by atoms with Gasteiger partial charge in [0.2, 0.25) is 0 Å². The normalized spacial score (nSPS) is 15.6. The van der Waals surface area contributed by atoms with Gasteiger partial charge < -0.3 is 10.1 Å². The zero-order valence-electron chi connectivity index (χ0n) is 11.1. The third-order valence-corrected chi connectivity index (χ3v) is 3.15. The molecule has 1 unspecified atom stereocenters. The molecule has 0 aromatic heterocycles. The van der Waals surface area contributed by atoms with Crippen LogP contribution in [-0.2, 0) is 16.0 Å². The number of carbonyl (C=O) groups is 1. The Kier molecular flexibility index (Phi) is 4.53. The fourth-order valence-electron chi connectivity index (χ4n) is 1.68. The molecule has 1 N–H and O–H groups in total. The highest BCUT2D eigenvalue weighted by Gasteiger charge is 2.24. The molecular formula is C15H18N2O2. The van der Waals surface area contributed by atoms with Gasteiger partial charge in [-0.05, 0) is 43.4 Å². The van der Waals surface area contributed by atoms with E-state index in [0.717, 1.165) is 11.3 Å². The van der Waals surface area contributed by atoms with Crippen molar-refractivity contribution in [2.24, 2.45) is 5.92 Å². The highest BCUT2D eigenvalue weighted by Crippen LogP contribution is 2.29. The van der Waals surface area contributed by atoms with Crippen LogP contribution in [-0.4, -0.2) is 18.6 Å². The lowest BCUT2D eigenvalue weighted by atomic mass is 10.1. The first-order valence-corrected chi connectivity index (χ1v) is 6.57. The Labute approximate surface area is 113 Å².